The van der Waals surface area contributed by atoms with Gasteiger partial charge in [-0.3, -0.25) is 4.79 Å². The third-order valence-corrected chi connectivity index (χ3v) is 4.28. The van der Waals surface area contributed by atoms with Crippen molar-refractivity contribution in [3.8, 4) is 0 Å². The van der Waals surface area contributed by atoms with Crippen molar-refractivity contribution in [3.63, 3.8) is 0 Å². The number of aromatic nitrogens is 1. The van der Waals surface area contributed by atoms with Crippen LogP contribution in [0.15, 0.2) is 24.3 Å². The second kappa shape index (κ2) is 5.97. The minimum Gasteiger partial charge on any atom is -0.321 e. The number of carbonyl (C=O) groups excluding carboxylic acids is 1. The van der Waals surface area contributed by atoms with Gasteiger partial charge in [-0.05, 0) is 30.5 Å². The molecule has 0 bridgehead atoms. The Morgan fingerprint density at radius 3 is 2.37 bits per heavy atom. The average molecular weight is 274 g/mol. The number of hydrogen-bond donors (Lipinski definition) is 0. The lowest BCUT2D eigenvalue weighted by atomic mass is 10.1. The zero-order chi connectivity index (χ0) is 13.8. The average Bonchev–Trinajstić information content (AvgIpc) is 2.89. The maximum atomic E-state index is 11.0. The molecule has 1 aromatic carbocycles. The third kappa shape index (κ3) is 2.84. The summed E-state index contributed by atoms with van der Waals surface area (Å²) in [6.07, 6.45) is 2.72. The van der Waals surface area contributed by atoms with Crippen LogP contribution in [0.5, 0.6) is 0 Å². The highest BCUT2D eigenvalue weighted by Gasteiger charge is 2.13. The third-order valence-electron chi connectivity index (χ3n) is 3.18. The van der Waals surface area contributed by atoms with Gasteiger partial charge in [-0.15, -0.1) is 0 Å². The SMILES string of the molecule is CCc1ccc(N(C)c2nc(CC)c(C=O)s2)cc1. The van der Waals surface area contributed by atoms with Crippen molar-refractivity contribution in [2.24, 2.45) is 0 Å². The first-order valence-electron chi connectivity index (χ1n) is 6.47. The number of anilines is 2. The quantitative estimate of drug-likeness (QED) is 0.776. The highest BCUT2D eigenvalue weighted by molar-refractivity contribution is 7.17. The van der Waals surface area contributed by atoms with E-state index in [-0.39, 0.29) is 0 Å². The summed E-state index contributed by atoms with van der Waals surface area (Å²) in [7, 11) is 1.98. The van der Waals surface area contributed by atoms with Gasteiger partial charge in [0.1, 0.15) is 0 Å². The van der Waals surface area contributed by atoms with Crippen LogP contribution in [0.1, 0.15) is 34.8 Å². The molecule has 0 atom stereocenters. The summed E-state index contributed by atoms with van der Waals surface area (Å²) in [6.45, 7) is 4.16. The summed E-state index contributed by atoms with van der Waals surface area (Å²) in [4.78, 5) is 18.3. The summed E-state index contributed by atoms with van der Waals surface area (Å²) in [5.74, 6) is 0. The topological polar surface area (TPSA) is 33.2 Å². The lowest BCUT2D eigenvalue weighted by Crippen LogP contribution is -2.09. The summed E-state index contributed by atoms with van der Waals surface area (Å²) in [6, 6.07) is 8.43. The van der Waals surface area contributed by atoms with E-state index in [1.54, 1.807) is 0 Å². The Kier molecular flexibility index (Phi) is 4.32. The molecule has 1 heterocycles. The molecule has 0 aliphatic carbocycles. The van der Waals surface area contributed by atoms with E-state index in [1.165, 1.54) is 16.9 Å². The van der Waals surface area contributed by atoms with E-state index in [0.29, 0.717) is 0 Å². The van der Waals surface area contributed by atoms with Crippen LogP contribution < -0.4 is 4.90 Å². The maximum absolute atomic E-state index is 11.0. The van der Waals surface area contributed by atoms with Crippen LogP contribution in [0.4, 0.5) is 10.8 Å². The van der Waals surface area contributed by atoms with E-state index in [2.05, 4.69) is 36.2 Å². The van der Waals surface area contributed by atoms with Crippen LogP contribution in [-0.2, 0) is 12.8 Å². The standard InChI is InChI=1S/C15H18N2OS/c1-4-11-6-8-12(9-7-11)17(3)15-16-13(5-2)14(10-18)19-15/h6-10H,4-5H2,1-3H3. The highest BCUT2D eigenvalue weighted by atomic mass is 32.1. The fraction of sp³-hybridized carbons (Fsp3) is 0.333. The van der Waals surface area contributed by atoms with E-state index >= 15 is 0 Å². The number of nitrogens with zero attached hydrogens (tertiary/aromatic N) is 2. The molecule has 1 aromatic heterocycles. The molecule has 0 unspecified atom stereocenters. The van der Waals surface area contributed by atoms with Gasteiger partial charge < -0.3 is 4.90 Å². The zero-order valence-electron chi connectivity index (χ0n) is 11.5. The van der Waals surface area contributed by atoms with E-state index in [1.807, 2.05) is 18.9 Å². The van der Waals surface area contributed by atoms with Crippen molar-refractivity contribution in [3.05, 3.63) is 40.4 Å². The first-order valence-corrected chi connectivity index (χ1v) is 7.28. The Bertz CT molecular complexity index is 560. The predicted octanol–water partition coefficient (Wildman–Crippen LogP) is 3.85. The fourth-order valence-electron chi connectivity index (χ4n) is 1.91. The molecule has 19 heavy (non-hydrogen) atoms. The number of aldehydes is 1. The van der Waals surface area contributed by atoms with Crippen molar-refractivity contribution >= 4 is 28.4 Å². The fourth-order valence-corrected chi connectivity index (χ4v) is 2.86. The molecule has 0 aliphatic heterocycles. The molecule has 0 fully saturated rings. The second-order valence-corrected chi connectivity index (χ2v) is 5.37. The molecule has 0 saturated carbocycles. The Labute approximate surface area is 117 Å². The van der Waals surface area contributed by atoms with Gasteiger partial charge in [0, 0.05) is 12.7 Å². The number of aryl methyl sites for hydroxylation is 2. The van der Waals surface area contributed by atoms with Gasteiger partial charge in [-0.1, -0.05) is 37.3 Å². The number of hydrogen-bond acceptors (Lipinski definition) is 4. The van der Waals surface area contributed by atoms with Crippen molar-refractivity contribution < 1.29 is 4.79 Å². The molecule has 2 aromatic rings. The number of benzene rings is 1. The lowest BCUT2D eigenvalue weighted by Gasteiger charge is -2.16. The number of carbonyl (C=O) groups is 1. The Balaban J connectivity index is 2.29. The van der Waals surface area contributed by atoms with Crippen LogP contribution in [0, 0.1) is 0 Å². The van der Waals surface area contributed by atoms with Gasteiger partial charge in [-0.2, -0.15) is 0 Å². The van der Waals surface area contributed by atoms with Crippen LogP contribution >= 0.6 is 11.3 Å². The van der Waals surface area contributed by atoms with E-state index in [4.69, 9.17) is 0 Å². The van der Waals surface area contributed by atoms with Crippen molar-refractivity contribution in [2.45, 2.75) is 26.7 Å². The summed E-state index contributed by atoms with van der Waals surface area (Å²) in [5.41, 5.74) is 3.29. The smallest absolute Gasteiger partial charge is 0.190 e. The second-order valence-electron chi connectivity index (χ2n) is 4.36. The molecule has 0 saturated heterocycles. The summed E-state index contributed by atoms with van der Waals surface area (Å²) < 4.78 is 0. The molecule has 3 nitrogen and oxygen atoms in total. The zero-order valence-corrected chi connectivity index (χ0v) is 12.3. The van der Waals surface area contributed by atoms with E-state index in [9.17, 15) is 4.79 Å². The molecule has 0 spiro atoms. The lowest BCUT2D eigenvalue weighted by molar-refractivity contribution is 0.112. The molecule has 0 aliphatic rings. The number of thiazole rings is 1. The Morgan fingerprint density at radius 2 is 1.89 bits per heavy atom. The normalized spacial score (nSPS) is 10.5. The van der Waals surface area contributed by atoms with Crippen LogP contribution in [-0.4, -0.2) is 18.3 Å². The van der Waals surface area contributed by atoms with Gasteiger partial charge in [-0.25, -0.2) is 4.98 Å². The van der Waals surface area contributed by atoms with Crippen LogP contribution in [0.3, 0.4) is 0 Å². The molecule has 0 amide bonds. The van der Waals surface area contributed by atoms with Crippen LogP contribution in [0.2, 0.25) is 0 Å². The first kappa shape index (κ1) is 13.7. The molecular formula is C15H18N2OS. The summed E-state index contributed by atoms with van der Waals surface area (Å²) >= 11 is 1.44. The molecular weight excluding hydrogens is 256 g/mol. The van der Waals surface area contributed by atoms with Crippen LogP contribution in [0.25, 0.3) is 0 Å². The monoisotopic (exact) mass is 274 g/mol. The Hall–Kier alpha value is -1.68. The molecule has 0 N–H and O–H groups in total. The Morgan fingerprint density at radius 1 is 1.21 bits per heavy atom. The molecule has 0 radical (unpaired) electrons. The summed E-state index contributed by atoms with van der Waals surface area (Å²) in [5, 5.41) is 0.864. The first-order chi connectivity index (χ1) is 9.19. The molecule has 2 rings (SSSR count). The highest BCUT2D eigenvalue weighted by Crippen LogP contribution is 2.30. The van der Waals surface area contributed by atoms with Gasteiger partial charge in [0.25, 0.3) is 0 Å². The van der Waals surface area contributed by atoms with E-state index in [0.717, 1.165) is 40.5 Å². The maximum Gasteiger partial charge on any atom is 0.190 e. The van der Waals surface area contributed by atoms with Gasteiger partial charge in [0.05, 0.1) is 10.6 Å². The largest absolute Gasteiger partial charge is 0.321 e. The van der Waals surface area contributed by atoms with Gasteiger partial charge in [0.15, 0.2) is 11.4 Å². The molecule has 100 valence electrons. The van der Waals surface area contributed by atoms with E-state index < -0.39 is 0 Å². The van der Waals surface area contributed by atoms with Crippen molar-refractivity contribution in [1.82, 2.24) is 4.98 Å². The minimum absolute atomic E-state index is 0.731. The van der Waals surface area contributed by atoms with Gasteiger partial charge in [0.2, 0.25) is 0 Å². The minimum atomic E-state index is 0.731. The number of rotatable bonds is 5. The van der Waals surface area contributed by atoms with Crippen molar-refractivity contribution in [2.75, 3.05) is 11.9 Å². The van der Waals surface area contributed by atoms with Crippen molar-refractivity contribution in [1.29, 1.82) is 0 Å². The van der Waals surface area contributed by atoms with Gasteiger partial charge >= 0.3 is 0 Å². The predicted molar refractivity (Wildman–Crippen MR) is 80.8 cm³/mol. The molecule has 4 heteroatoms.